The summed E-state index contributed by atoms with van der Waals surface area (Å²) in [6.07, 6.45) is -0.302. The van der Waals surface area contributed by atoms with Crippen LogP contribution in [0.5, 0.6) is 0 Å². The second kappa shape index (κ2) is 4.31. The van der Waals surface area contributed by atoms with E-state index in [1.54, 1.807) is 0 Å². The summed E-state index contributed by atoms with van der Waals surface area (Å²) in [6, 6.07) is 7.68. The van der Waals surface area contributed by atoms with Gasteiger partial charge in [0.15, 0.2) is 6.10 Å². The van der Waals surface area contributed by atoms with Crippen LogP contribution >= 0.6 is 11.8 Å². The molecule has 0 aromatic heterocycles. The molecule has 1 aromatic rings. The number of nitro groups is 1. The molecule has 0 aliphatic carbocycles. The molecular weight excluding hydrogens is 238 g/mol. The Morgan fingerprint density at radius 2 is 2.00 bits per heavy atom. The summed E-state index contributed by atoms with van der Waals surface area (Å²) in [5, 5.41) is 9.86. The molecule has 1 aliphatic heterocycles. The normalized spacial score (nSPS) is 27.2. The summed E-state index contributed by atoms with van der Waals surface area (Å²) < 4.78 is 5.33. The molecule has 2 unspecified atom stereocenters. The van der Waals surface area contributed by atoms with E-state index < -0.39 is 5.06 Å². The number of rotatable bonds is 4. The van der Waals surface area contributed by atoms with E-state index in [1.165, 1.54) is 11.8 Å². The smallest absolute Gasteiger partial charge is 0.288 e. The van der Waals surface area contributed by atoms with Gasteiger partial charge in [-0.3, -0.25) is 14.9 Å². The van der Waals surface area contributed by atoms with Crippen LogP contribution in [0.4, 0.5) is 0 Å². The number of hydrogen-bond acceptors (Lipinski definition) is 4. The third-order valence-electron chi connectivity index (χ3n) is 2.74. The number of aryl methyl sites for hydroxylation is 1. The van der Waals surface area contributed by atoms with E-state index in [4.69, 9.17) is 4.74 Å². The number of ether oxygens (including phenoxy) is 1. The molecule has 2 atom stereocenters. The fourth-order valence-corrected chi connectivity index (χ4v) is 2.97. The molecule has 0 amide bonds. The van der Waals surface area contributed by atoms with Crippen LogP contribution in [0, 0.1) is 23.0 Å². The van der Waals surface area contributed by atoms with Crippen molar-refractivity contribution >= 4 is 11.8 Å². The SMILES string of the molecule is Cc1ccc(SC2([N+](=O)[O-])OC2C(C)C)cc1. The first-order valence-electron chi connectivity index (χ1n) is 5.53. The van der Waals surface area contributed by atoms with Crippen molar-refractivity contribution in [1.29, 1.82) is 0 Å². The van der Waals surface area contributed by atoms with E-state index in [2.05, 4.69) is 0 Å². The zero-order valence-electron chi connectivity index (χ0n) is 10.0. The lowest BCUT2D eigenvalue weighted by Gasteiger charge is -2.06. The summed E-state index contributed by atoms with van der Waals surface area (Å²) in [7, 11) is 0. The molecule has 4 nitrogen and oxygen atoms in total. The highest BCUT2D eigenvalue weighted by atomic mass is 32.2. The van der Waals surface area contributed by atoms with Gasteiger partial charge in [0.25, 0.3) is 0 Å². The van der Waals surface area contributed by atoms with Crippen molar-refractivity contribution < 1.29 is 9.66 Å². The molecule has 1 heterocycles. The molecule has 1 aliphatic rings. The minimum absolute atomic E-state index is 0.151. The largest absolute Gasteiger partial charge is 0.405 e. The summed E-state index contributed by atoms with van der Waals surface area (Å²) in [4.78, 5) is 11.7. The van der Waals surface area contributed by atoms with Crippen molar-refractivity contribution in [1.82, 2.24) is 0 Å². The van der Waals surface area contributed by atoms with Crippen LogP contribution in [-0.4, -0.2) is 16.1 Å². The topological polar surface area (TPSA) is 55.7 Å². The van der Waals surface area contributed by atoms with Gasteiger partial charge in [-0.2, -0.15) is 0 Å². The van der Waals surface area contributed by atoms with Crippen LogP contribution in [0.1, 0.15) is 19.4 Å². The van der Waals surface area contributed by atoms with Gasteiger partial charge in [0, 0.05) is 4.90 Å². The van der Waals surface area contributed by atoms with Crippen molar-refractivity contribution in [2.24, 2.45) is 5.92 Å². The van der Waals surface area contributed by atoms with E-state index in [0.29, 0.717) is 0 Å². The second-order valence-corrected chi connectivity index (χ2v) is 5.85. The number of epoxide rings is 1. The van der Waals surface area contributed by atoms with E-state index >= 15 is 0 Å². The zero-order valence-corrected chi connectivity index (χ0v) is 10.9. The Hall–Kier alpha value is -1.07. The summed E-state index contributed by atoms with van der Waals surface area (Å²) in [5.41, 5.74) is 1.14. The molecule has 0 N–H and O–H groups in total. The average Bonchev–Trinajstić information content (AvgIpc) is 2.98. The highest BCUT2D eigenvalue weighted by molar-refractivity contribution is 8.00. The van der Waals surface area contributed by atoms with Gasteiger partial charge in [-0.1, -0.05) is 31.5 Å². The first kappa shape index (κ1) is 12.4. The average molecular weight is 253 g/mol. The molecule has 1 fully saturated rings. The molecule has 1 saturated heterocycles. The van der Waals surface area contributed by atoms with Crippen LogP contribution in [0.3, 0.4) is 0 Å². The molecule has 0 radical (unpaired) electrons. The van der Waals surface area contributed by atoms with E-state index in [0.717, 1.165) is 10.5 Å². The van der Waals surface area contributed by atoms with Crippen molar-refractivity contribution in [3.8, 4) is 0 Å². The molecule has 2 rings (SSSR count). The molecule has 0 spiro atoms. The monoisotopic (exact) mass is 253 g/mol. The number of thioether (sulfide) groups is 1. The Morgan fingerprint density at radius 1 is 1.41 bits per heavy atom. The lowest BCUT2D eigenvalue weighted by Crippen LogP contribution is -2.24. The minimum Gasteiger partial charge on any atom is -0.288 e. The quantitative estimate of drug-likeness (QED) is 0.358. The summed E-state index contributed by atoms with van der Waals surface area (Å²) >= 11 is 1.19. The Morgan fingerprint density at radius 3 is 2.41 bits per heavy atom. The molecule has 92 valence electrons. The predicted octanol–water partition coefficient (Wildman–Crippen LogP) is 3.07. The van der Waals surface area contributed by atoms with Gasteiger partial charge in [0.2, 0.25) is 0 Å². The molecule has 1 aromatic carbocycles. The lowest BCUT2D eigenvalue weighted by atomic mass is 10.1. The van der Waals surface area contributed by atoms with Crippen molar-refractivity contribution in [2.75, 3.05) is 0 Å². The zero-order chi connectivity index (χ0) is 12.6. The highest BCUT2D eigenvalue weighted by Crippen LogP contribution is 2.53. The van der Waals surface area contributed by atoms with Gasteiger partial charge in [-0.15, -0.1) is 0 Å². The molecule has 17 heavy (non-hydrogen) atoms. The Bertz CT molecular complexity index is 432. The van der Waals surface area contributed by atoms with E-state index in [1.807, 2.05) is 45.0 Å². The Labute approximate surface area is 105 Å². The van der Waals surface area contributed by atoms with Crippen LogP contribution < -0.4 is 0 Å². The van der Waals surface area contributed by atoms with Gasteiger partial charge in [-0.25, -0.2) is 0 Å². The fourth-order valence-electron chi connectivity index (χ4n) is 1.75. The number of benzene rings is 1. The van der Waals surface area contributed by atoms with Crippen LogP contribution in [0.2, 0.25) is 0 Å². The third-order valence-corrected chi connectivity index (χ3v) is 4.02. The first-order valence-corrected chi connectivity index (χ1v) is 6.35. The maximum atomic E-state index is 11.1. The maximum absolute atomic E-state index is 11.1. The van der Waals surface area contributed by atoms with Crippen molar-refractivity contribution in [3.05, 3.63) is 39.9 Å². The fraction of sp³-hybridized carbons (Fsp3) is 0.500. The Balaban J connectivity index is 2.16. The van der Waals surface area contributed by atoms with Crippen LogP contribution in [0.25, 0.3) is 0 Å². The van der Waals surface area contributed by atoms with E-state index in [-0.39, 0.29) is 16.9 Å². The molecule has 0 saturated carbocycles. The number of nitrogens with zero attached hydrogens (tertiary/aromatic N) is 1. The van der Waals surface area contributed by atoms with Gasteiger partial charge in [0.1, 0.15) is 0 Å². The van der Waals surface area contributed by atoms with Gasteiger partial charge in [-0.05, 0) is 36.7 Å². The van der Waals surface area contributed by atoms with Gasteiger partial charge >= 0.3 is 5.06 Å². The van der Waals surface area contributed by atoms with Gasteiger partial charge < -0.3 is 0 Å². The van der Waals surface area contributed by atoms with E-state index in [9.17, 15) is 10.1 Å². The second-order valence-electron chi connectivity index (χ2n) is 4.59. The predicted molar refractivity (Wildman–Crippen MR) is 66.5 cm³/mol. The number of hydrogen-bond donors (Lipinski definition) is 0. The van der Waals surface area contributed by atoms with Crippen molar-refractivity contribution in [3.63, 3.8) is 0 Å². The minimum atomic E-state index is -1.27. The highest BCUT2D eigenvalue weighted by Gasteiger charge is 2.71. The van der Waals surface area contributed by atoms with Crippen LogP contribution in [0.15, 0.2) is 29.2 Å². The summed E-state index contributed by atoms with van der Waals surface area (Å²) in [5.74, 6) is 0.151. The Kier molecular flexibility index (Phi) is 3.14. The summed E-state index contributed by atoms with van der Waals surface area (Å²) in [6.45, 7) is 5.86. The molecular formula is C12H15NO3S. The lowest BCUT2D eigenvalue weighted by molar-refractivity contribution is -0.532. The first-order chi connectivity index (χ1) is 7.95. The van der Waals surface area contributed by atoms with Crippen LogP contribution in [-0.2, 0) is 4.74 Å². The molecule has 0 bridgehead atoms. The standard InChI is InChI=1S/C12H15NO3S/c1-8(2)11-12(16-11,13(14)15)17-10-6-4-9(3)5-7-10/h4-8,11H,1-3H3. The third kappa shape index (κ3) is 2.30. The van der Waals surface area contributed by atoms with Gasteiger partial charge in [0.05, 0.1) is 4.92 Å². The molecule has 5 heteroatoms. The van der Waals surface area contributed by atoms with Crippen molar-refractivity contribution in [2.45, 2.75) is 36.8 Å². The maximum Gasteiger partial charge on any atom is 0.405 e.